The zero-order valence-corrected chi connectivity index (χ0v) is 14.1. The lowest BCUT2D eigenvalue weighted by molar-refractivity contribution is -0.149. The van der Waals surface area contributed by atoms with Crippen molar-refractivity contribution in [3.63, 3.8) is 0 Å². The van der Waals surface area contributed by atoms with Crippen LogP contribution in [-0.2, 0) is 4.79 Å². The van der Waals surface area contributed by atoms with Crippen LogP contribution >= 0.6 is 15.9 Å². The molecule has 1 rings (SSSR count). The van der Waals surface area contributed by atoms with Gasteiger partial charge in [0.15, 0.2) is 0 Å². The SMILES string of the molecule is CCC(CC)(CNC(=O)Nc1cccc(C)c1Br)C(=O)O. The Hall–Kier alpha value is -1.56. The van der Waals surface area contributed by atoms with Gasteiger partial charge in [0.2, 0.25) is 0 Å². The van der Waals surface area contributed by atoms with E-state index < -0.39 is 17.4 Å². The molecule has 5 nitrogen and oxygen atoms in total. The topological polar surface area (TPSA) is 78.4 Å². The van der Waals surface area contributed by atoms with E-state index in [2.05, 4.69) is 26.6 Å². The minimum absolute atomic E-state index is 0.102. The summed E-state index contributed by atoms with van der Waals surface area (Å²) < 4.78 is 0.815. The number of amides is 2. The summed E-state index contributed by atoms with van der Waals surface area (Å²) in [6, 6.07) is 5.14. The minimum atomic E-state index is -0.915. The second-order valence-electron chi connectivity index (χ2n) is 5.04. The lowest BCUT2D eigenvalue weighted by atomic mass is 9.82. The van der Waals surface area contributed by atoms with Gasteiger partial charge in [-0.3, -0.25) is 4.79 Å². The molecule has 0 bridgehead atoms. The minimum Gasteiger partial charge on any atom is -0.481 e. The zero-order chi connectivity index (χ0) is 16.0. The lowest BCUT2D eigenvalue weighted by Crippen LogP contribution is -2.43. The molecule has 21 heavy (non-hydrogen) atoms. The molecule has 0 heterocycles. The van der Waals surface area contributed by atoms with Crippen LogP contribution in [0.25, 0.3) is 0 Å². The van der Waals surface area contributed by atoms with Crippen molar-refractivity contribution in [3.05, 3.63) is 28.2 Å². The van der Waals surface area contributed by atoms with Gasteiger partial charge in [-0.25, -0.2) is 4.79 Å². The molecule has 6 heteroatoms. The summed E-state index contributed by atoms with van der Waals surface area (Å²) in [4.78, 5) is 23.3. The number of rotatable bonds is 6. The highest BCUT2D eigenvalue weighted by Gasteiger charge is 2.35. The lowest BCUT2D eigenvalue weighted by Gasteiger charge is -2.26. The summed E-state index contributed by atoms with van der Waals surface area (Å²) in [7, 11) is 0. The summed E-state index contributed by atoms with van der Waals surface area (Å²) in [5.41, 5.74) is 0.748. The fourth-order valence-corrected chi connectivity index (χ4v) is 2.40. The first-order valence-corrected chi connectivity index (χ1v) is 7.69. The van der Waals surface area contributed by atoms with E-state index in [0.29, 0.717) is 18.5 Å². The third kappa shape index (κ3) is 4.20. The van der Waals surface area contributed by atoms with Gasteiger partial charge < -0.3 is 15.7 Å². The number of aryl methyl sites for hydroxylation is 1. The fraction of sp³-hybridized carbons (Fsp3) is 0.467. The number of hydrogen-bond donors (Lipinski definition) is 3. The third-order valence-electron chi connectivity index (χ3n) is 3.83. The van der Waals surface area contributed by atoms with Gasteiger partial charge in [-0.05, 0) is 47.3 Å². The molecule has 0 saturated heterocycles. The predicted octanol–water partition coefficient (Wildman–Crippen LogP) is 3.77. The molecule has 0 saturated carbocycles. The highest BCUT2D eigenvalue weighted by molar-refractivity contribution is 9.10. The van der Waals surface area contributed by atoms with Gasteiger partial charge in [-0.15, -0.1) is 0 Å². The summed E-state index contributed by atoms with van der Waals surface area (Å²) in [5, 5.41) is 14.7. The van der Waals surface area contributed by atoms with E-state index in [1.807, 2.05) is 32.9 Å². The van der Waals surface area contributed by atoms with Crippen molar-refractivity contribution in [2.45, 2.75) is 33.6 Å². The first-order valence-electron chi connectivity index (χ1n) is 6.89. The molecule has 0 fully saturated rings. The van der Waals surface area contributed by atoms with Gasteiger partial charge in [-0.1, -0.05) is 26.0 Å². The molecule has 0 spiro atoms. The maximum absolute atomic E-state index is 11.9. The van der Waals surface area contributed by atoms with Crippen molar-refractivity contribution in [1.82, 2.24) is 5.32 Å². The number of benzene rings is 1. The molecule has 0 aliphatic rings. The number of carbonyl (C=O) groups excluding carboxylic acids is 1. The van der Waals surface area contributed by atoms with Crippen molar-refractivity contribution in [2.75, 3.05) is 11.9 Å². The maximum atomic E-state index is 11.9. The molecule has 116 valence electrons. The van der Waals surface area contributed by atoms with Crippen molar-refractivity contribution >= 4 is 33.6 Å². The average Bonchev–Trinajstić information content (AvgIpc) is 2.45. The molecule has 1 aromatic rings. The standard InChI is InChI=1S/C15H21BrN2O3/c1-4-15(5-2,13(19)20)9-17-14(21)18-11-8-6-7-10(3)12(11)16/h6-8H,4-5,9H2,1-3H3,(H,19,20)(H2,17,18,21). The molecule has 1 aromatic carbocycles. The number of carboxylic acid groups (broad SMARTS) is 1. The largest absolute Gasteiger partial charge is 0.481 e. The van der Waals surface area contributed by atoms with Gasteiger partial charge in [-0.2, -0.15) is 0 Å². The van der Waals surface area contributed by atoms with E-state index >= 15 is 0 Å². The molecule has 0 atom stereocenters. The van der Waals surface area contributed by atoms with Crippen molar-refractivity contribution < 1.29 is 14.7 Å². The van der Waals surface area contributed by atoms with E-state index in [0.717, 1.165) is 10.0 Å². The van der Waals surface area contributed by atoms with E-state index in [9.17, 15) is 14.7 Å². The number of aliphatic carboxylic acids is 1. The quantitative estimate of drug-likeness (QED) is 0.725. The Morgan fingerprint density at radius 1 is 1.29 bits per heavy atom. The van der Waals surface area contributed by atoms with Crippen LogP contribution in [0.4, 0.5) is 10.5 Å². The van der Waals surface area contributed by atoms with Crippen LogP contribution in [0.3, 0.4) is 0 Å². The van der Waals surface area contributed by atoms with Crippen LogP contribution in [-0.4, -0.2) is 23.7 Å². The molecule has 0 unspecified atom stereocenters. The number of carboxylic acids is 1. The molecule has 0 aliphatic heterocycles. The molecule has 0 aliphatic carbocycles. The molecule has 2 amide bonds. The summed E-state index contributed by atoms with van der Waals surface area (Å²) in [5.74, 6) is -0.885. The smallest absolute Gasteiger partial charge is 0.319 e. The van der Waals surface area contributed by atoms with Crippen LogP contribution in [0, 0.1) is 12.3 Å². The van der Waals surface area contributed by atoms with Crippen LogP contribution in [0.2, 0.25) is 0 Å². The van der Waals surface area contributed by atoms with Crippen molar-refractivity contribution in [3.8, 4) is 0 Å². The summed E-state index contributed by atoms with van der Waals surface area (Å²) in [6.45, 7) is 5.66. The maximum Gasteiger partial charge on any atom is 0.319 e. The highest BCUT2D eigenvalue weighted by atomic mass is 79.9. The summed E-state index contributed by atoms with van der Waals surface area (Å²) in [6.07, 6.45) is 0.931. The Bertz CT molecular complexity index is 528. The van der Waals surface area contributed by atoms with Crippen molar-refractivity contribution in [1.29, 1.82) is 0 Å². The number of nitrogens with one attached hydrogen (secondary N) is 2. The van der Waals surface area contributed by atoms with E-state index in [-0.39, 0.29) is 6.54 Å². The molecule has 3 N–H and O–H groups in total. The monoisotopic (exact) mass is 356 g/mol. The number of urea groups is 1. The van der Waals surface area contributed by atoms with Gasteiger partial charge in [0.25, 0.3) is 0 Å². The van der Waals surface area contributed by atoms with Gasteiger partial charge in [0.05, 0.1) is 11.1 Å². The molecular formula is C15H21BrN2O3. The molecule has 0 radical (unpaired) electrons. The van der Waals surface area contributed by atoms with E-state index in [1.165, 1.54) is 0 Å². The predicted molar refractivity (Wildman–Crippen MR) is 86.6 cm³/mol. The second-order valence-corrected chi connectivity index (χ2v) is 5.83. The Labute approximate surface area is 133 Å². The molecule has 0 aromatic heterocycles. The first-order chi connectivity index (χ1) is 9.86. The molecular weight excluding hydrogens is 336 g/mol. The number of hydrogen-bond acceptors (Lipinski definition) is 2. The van der Waals surface area contributed by atoms with Gasteiger partial charge >= 0.3 is 12.0 Å². The van der Waals surface area contributed by atoms with Crippen LogP contribution in [0.1, 0.15) is 32.3 Å². The fourth-order valence-electron chi connectivity index (χ4n) is 2.04. The van der Waals surface area contributed by atoms with Crippen LogP contribution in [0.5, 0.6) is 0 Å². The number of carbonyl (C=O) groups is 2. The van der Waals surface area contributed by atoms with Gasteiger partial charge in [0.1, 0.15) is 0 Å². The van der Waals surface area contributed by atoms with Gasteiger partial charge in [0, 0.05) is 11.0 Å². The number of anilines is 1. The Morgan fingerprint density at radius 2 is 1.90 bits per heavy atom. The Balaban J connectivity index is 2.70. The number of halogens is 1. The van der Waals surface area contributed by atoms with Crippen LogP contribution < -0.4 is 10.6 Å². The van der Waals surface area contributed by atoms with Crippen LogP contribution in [0.15, 0.2) is 22.7 Å². The zero-order valence-electron chi connectivity index (χ0n) is 12.5. The van der Waals surface area contributed by atoms with E-state index in [1.54, 1.807) is 6.07 Å². The van der Waals surface area contributed by atoms with Crippen molar-refractivity contribution in [2.24, 2.45) is 5.41 Å². The van der Waals surface area contributed by atoms with E-state index in [4.69, 9.17) is 0 Å². The normalized spacial score (nSPS) is 11.0. The summed E-state index contributed by atoms with van der Waals surface area (Å²) >= 11 is 3.41. The third-order valence-corrected chi connectivity index (χ3v) is 4.89. The Morgan fingerprint density at radius 3 is 2.43 bits per heavy atom. The first kappa shape index (κ1) is 17.5. The second kappa shape index (κ2) is 7.45. The highest BCUT2D eigenvalue weighted by Crippen LogP contribution is 2.27. The average molecular weight is 357 g/mol. The Kier molecular flexibility index (Phi) is 6.20.